The van der Waals surface area contributed by atoms with Gasteiger partial charge in [0.15, 0.2) is 0 Å². The van der Waals surface area contributed by atoms with E-state index < -0.39 is 29.8 Å². The van der Waals surface area contributed by atoms with Crippen molar-refractivity contribution in [3.05, 3.63) is 0 Å². The van der Waals surface area contributed by atoms with E-state index in [1.165, 1.54) is 0 Å². The van der Waals surface area contributed by atoms with Crippen molar-refractivity contribution in [2.24, 2.45) is 0 Å². The number of terminal acetylenes is 1. The Morgan fingerprint density at radius 2 is 1.88 bits per heavy atom. The fraction of sp³-hybridized carbons (Fsp3) is 0.700. The monoisotopic (exact) mass is 229 g/mol. The van der Waals surface area contributed by atoms with Crippen LogP contribution >= 0.6 is 0 Å². The van der Waals surface area contributed by atoms with Gasteiger partial charge in [-0.2, -0.15) is 0 Å². The van der Waals surface area contributed by atoms with Crippen molar-refractivity contribution >= 4 is 5.91 Å². The Morgan fingerprint density at radius 1 is 1.38 bits per heavy atom. The first-order chi connectivity index (χ1) is 7.40. The average molecular weight is 229 g/mol. The zero-order chi connectivity index (χ0) is 12.3. The summed E-state index contributed by atoms with van der Waals surface area (Å²) in [5.74, 6) is 1.41. The zero-order valence-electron chi connectivity index (χ0n) is 8.63. The number of carbonyl (C=O) groups is 1. The summed E-state index contributed by atoms with van der Waals surface area (Å²) in [5.41, 5.74) is -1.89. The van der Waals surface area contributed by atoms with E-state index in [9.17, 15) is 25.2 Å². The fourth-order valence-electron chi connectivity index (χ4n) is 1.75. The topological polar surface area (TPSA) is 110 Å². The third-order valence-corrected chi connectivity index (χ3v) is 2.66. The molecule has 6 heteroatoms. The summed E-state index contributed by atoms with van der Waals surface area (Å²) in [7, 11) is 0. The van der Waals surface area contributed by atoms with Gasteiger partial charge in [-0.3, -0.25) is 4.79 Å². The van der Waals surface area contributed by atoms with Gasteiger partial charge in [-0.15, -0.1) is 6.42 Å². The second-order valence-electron chi connectivity index (χ2n) is 3.95. The van der Waals surface area contributed by atoms with Gasteiger partial charge in [-0.05, 0) is 0 Å². The molecule has 5 N–H and O–H groups in total. The minimum Gasteiger partial charge on any atom is -0.390 e. The molecule has 0 heterocycles. The van der Waals surface area contributed by atoms with Crippen LogP contribution in [-0.4, -0.2) is 56.8 Å². The second-order valence-corrected chi connectivity index (χ2v) is 3.95. The summed E-state index contributed by atoms with van der Waals surface area (Å²) >= 11 is 0. The van der Waals surface area contributed by atoms with Crippen molar-refractivity contribution in [2.45, 2.75) is 36.8 Å². The van der Waals surface area contributed by atoms with Crippen LogP contribution in [0, 0.1) is 12.3 Å². The van der Waals surface area contributed by atoms with Crippen molar-refractivity contribution in [3.8, 4) is 12.3 Å². The highest BCUT2D eigenvalue weighted by Gasteiger charge is 2.47. The predicted molar refractivity (Wildman–Crippen MR) is 54.0 cm³/mol. The molecule has 0 unspecified atom stereocenters. The van der Waals surface area contributed by atoms with Crippen LogP contribution in [-0.2, 0) is 4.79 Å². The number of rotatable bonds is 2. The van der Waals surface area contributed by atoms with E-state index in [0.29, 0.717) is 0 Å². The molecule has 0 spiro atoms. The van der Waals surface area contributed by atoms with Crippen molar-refractivity contribution < 1.29 is 25.2 Å². The molecule has 1 aliphatic rings. The minimum atomic E-state index is -1.89. The van der Waals surface area contributed by atoms with Crippen LogP contribution in [0.2, 0.25) is 0 Å². The number of aliphatic hydroxyl groups excluding tert-OH is 3. The van der Waals surface area contributed by atoms with Crippen LogP contribution in [0.15, 0.2) is 0 Å². The van der Waals surface area contributed by atoms with E-state index >= 15 is 0 Å². The van der Waals surface area contributed by atoms with Crippen LogP contribution in [0.1, 0.15) is 12.8 Å². The lowest BCUT2D eigenvalue weighted by molar-refractivity contribution is -0.172. The van der Waals surface area contributed by atoms with Gasteiger partial charge in [-0.1, -0.05) is 5.92 Å². The molecular weight excluding hydrogens is 214 g/mol. The summed E-state index contributed by atoms with van der Waals surface area (Å²) in [5, 5.41) is 40.2. The van der Waals surface area contributed by atoms with Gasteiger partial charge in [0.2, 0.25) is 0 Å². The third kappa shape index (κ3) is 2.51. The molecule has 1 aliphatic carbocycles. The van der Waals surface area contributed by atoms with Crippen LogP contribution in [0.25, 0.3) is 0 Å². The molecule has 0 aromatic carbocycles. The lowest BCUT2D eigenvalue weighted by Gasteiger charge is -2.38. The lowest BCUT2D eigenvalue weighted by Crippen LogP contribution is -2.59. The van der Waals surface area contributed by atoms with E-state index in [1.54, 1.807) is 0 Å². The second kappa shape index (κ2) is 4.80. The first-order valence-corrected chi connectivity index (χ1v) is 4.89. The number of nitrogens with one attached hydrogen (secondary N) is 1. The Morgan fingerprint density at radius 3 is 2.31 bits per heavy atom. The smallest absolute Gasteiger partial charge is 0.252 e. The van der Waals surface area contributed by atoms with Crippen LogP contribution in [0.4, 0.5) is 0 Å². The number of amides is 1. The molecular formula is C10H15NO5. The molecule has 6 nitrogen and oxygen atoms in total. The minimum absolute atomic E-state index is 0.0457. The van der Waals surface area contributed by atoms with E-state index in [0.717, 1.165) is 0 Å². The molecule has 2 atom stereocenters. The Bertz CT molecular complexity index is 299. The van der Waals surface area contributed by atoms with Crippen LogP contribution in [0.3, 0.4) is 0 Å². The van der Waals surface area contributed by atoms with Gasteiger partial charge >= 0.3 is 0 Å². The first-order valence-electron chi connectivity index (χ1n) is 4.89. The predicted octanol–water partition coefficient (Wildman–Crippen LogP) is -2.66. The normalized spacial score (nSPS) is 38.8. The molecule has 1 fully saturated rings. The quantitative estimate of drug-likeness (QED) is 0.332. The number of aliphatic hydroxyl groups is 4. The molecule has 0 saturated heterocycles. The maximum Gasteiger partial charge on any atom is 0.252 e. The molecule has 16 heavy (non-hydrogen) atoms. The molecule has 0 aliphatic heterocycles. The van der Waals surface area contributed by atoms with Gasteiger partial charge in [0.1, 0.15) is 11.7 Å². The van der Waals surface area contributed by atoms with E-state index in [1.807, 2.05) is 0 Å². The van der Waals surface area contributed by atoms with Crippen LogP contribution < -0.4 is 5.32 Å². The van der Waals surface area contributed by atoms with E-state index in [-0.39, 0.29) is 19.4 Å². The van der Waals surface area contributed by atoms with E-state index in [4.69, 9.17) is 6.42 Å². The Labute approximate surface area is 92.9 Å². The number of hydrogen-bond acceptors (Lipinski definition) is 5. The molecule has 0 bridgehead atoms. The Hall–Kier alpha value is -1.13. The third-order valence-electron chi connectivity index (χ3n) is 2.66. The summed E-state index contributed by atoms with van der Waals surface area (Å²) in [6.07, 6.45) is 0.246. The van der Waals surface area contributed by atoms with Gasteiger partial charge in [-0.25, -0.2) is 0 Å². The van der Waals surface area contributed by atoms with Crippen molar-refractivity contribution in [3.63, 3.8) is 0 Å². The summed E-state index contributed by atoms with van der Waals surface area (Å²) < 4.78 is 0. The molecule has 1 amide bonds. The standard InChI is InChI=1S/C10H15NO5/c1-2-3-11-9(15)10(16)4-6(12)8(14)7(13)5-10/h1,6-8,12-14,16H,3-5H2,(H,11,15)/t6-,7-,8?,10?/m1/s1. The first kappa shape index (κ1) is 12.9. The highest BCUT2D eigenvalue weighted by molar-refractivity contribution is 5.85. The Kier molecular flexibility index (Phi) is 3.88. The number of hydrogen-bond donors (Lipinski definition) is 5. The van der Waals surface area contributed by atoms with Gasteiger partial charge in [0, 0.05) is 12.8 Å². The van der Waals surface area contributed by atoms with Crippen LogP contribution in [0.5, 0.6) is 0 Å². The molecule has 0 radical (unpaired) electrons. The SMILES string of the molecule is C#CCNC(=O)C1(O)C[C@@H](O)C(O)[C@H](O)C1. The fourth-order valence-corrected chi connectivity index (χ4v) is 1.75. The highest BCUT2D eigenvalue weighted by Crippen LogP contribution is 2.29. The van der Waals surface area contributed by atoms with E-state index in [2.05, 4.69) is 11.2 Å². The van der Waals surface area contributed by atoms with Crippen molar-refractivity contribution in [1.29, 1.82) is 0 Å². The van der Waals surface area contributed by atoms with Gasteiger partial charge in [0.25, 0.3) is 5.91 Å². The molecule has 1 saturated carbocycles. The van der Waals surface area contributed by atoms with Crippen molar-refractivity contribution in [2.75, 3.05) is 6.54 Å². The molecule has 90 valence electrons. The Balaban J connectivity index is 2.71. The molecule has 1 rings (SSSR count). The van der Waals surface area contributed by atoms with Gasteiger partial charge < -0.3 is 25.7 Å². The molecule has 0 aromatic rings. The maximum absolute atomic E-state index is 11.5. The summed E-state index contributed by atoms with van der Waals surface area (Å²) in [4.78, 5) is 11.5. The van der Waals surface area contributed by atoms with Crippen molar-refractivity contribution in [1.82, 2.24) is 5.32 Å². The van der Waals surface area contributed by atoms with Gasteiger partial charge in [0.05, 0.1) is 18.8 Å². The lowest BCUT2D eigenvalue weighted by atomic mass is 9.79. The molecule has 0 aromatic heterocycles. The summed E-state index contributed by atoms with van der Waals surface area (Å²) in [6, 6.07) is 0. The zero-order valence-corrected chi connectivity index (χ0v) is 8.63. The highest BCUT2D eigenvalue weighted by atomic mass is 16.4. The average Bonchev–Trinajstić information content (AvgIpc) is 2.22. The number of carbonyl (C=O) groups excluding carboxylic acids is 1. The maximum atomic E-state index is 11.5. The largest absolute Gasteiger partial charge is 0.390 e. The summed E-state index contributed by atoms with van der Waals surface area (Å²) in [6.45, 7) is -0.0457.